The molecule has 1 aromatic rings. The van der Waals surface area contributed by atoms with E-state index in [4.69, 9.17) is 16.1 Å². The van der Waals surface area contributed by atoms with Gasteiger partial charge in [-0.2, -0.15) is 5.26 Å². The van der Waals surface area contributed by atoms with Gasteiger partial charge in [-0.05, 0) is 41.5 Å². The van der Waals surface area contributed by atoms with E-state index < -0.39 is 5.97 Å². The summed E-state index contributed by atoms with van der Waals surface area (Å²) >= 11 is 1.61. The van der Waals surface area contributed by atoms with Gasteiger partial charge in [0.05, 0.1) is 22.9 Å². The molecule has 0 saturated carbocycles. The summed E-state index contributed by atoms with van der Waals surface area (Å²) in [6.07, 6.45) is 1.39. The van der Waals surface area contributed by atoms with E-state index in [0.29, 0.717) is 12.8 Å². The van der Waals surface area contributed by atoms with Gasteiger partial charge in [0.2, 0.25) is 0 Å². The van der Waals surface area contributed by atoms with Crippen molar-refractivity contribution in [1.29, 1.82) is 5.26 Å². The van der Waals surface area contributed by atoms with Gasteiger partial charge in [-0.1, -0.05) is 26.0 Å². The molecule has 1 heterocycles. The maximum Gasteiger partial charge on any atom is 0.335 e. The number of thioether (sulfide) groups is 1. The topological polar surface area (TPSA) is 87.1 Å². The highest BCUT2D eigenvalue weighted by atomic mass is 32.2. The summed E-state index contributed by atoms with van der Waals surface area (Å²) in [7, 11) is 0. The van der Waals surface area contributed by atoms with Crippen molar-refractivity contribution in [3.63, 3.8) is 0 Å². The Morgan fingerprint density at radius 3 is 2.50 bits per heavy atom. The SMILES string of the molecule is CC.CC1=C(Cc2ccc(C(=O)O)cc2)SC(N)CC1C#N. The monoisotopic (exact) mass is 318 g/mol. The van der Waals surface area contributed by atoms with Gasteiger partial charge >= 0.3 is 5.97 Å². The highest BCUT2D eigenvalue weighted by Crippen LogP contribution is 2.38. The van der Waals surface area contributed by atoms with E-state index in [-0.39, 0.29) is 16.9 Å². The standard InChI is InChI=1S/C15H16N2O2S.C2H6/c1-9-12(8-16)7-14(17)20-13(9)6-10-2-4-11(5-3-10)15(18)19;1-2/h2-5,12,14H,6-7,17H2,1H3,(H,18,19);1-2H3. The number of hydrogen-bond acceptors (Lipinski definition) is 4. The van der Waals surface area contributed by atoms with Crippen LogP contribution < -0.4 is 5.73 Å². The molecule has 0 spiro atoms. The van der Waals surface area contributed by atoms with Gasteiger partial charge in [0.15, 0.2) is 0 Å². The molecule has 2 unspecified atom stereocenters. The zero-order chi connectivity index (χ0) is 16.7. The van der Waals surface area contributed by atoms with Crippen LogP contribution in [0.2, 0.25) is 0 Å². The van der Waals surface area contributed by atoms with Crippen LogP contribution in [0.5, 0.6) is 0 Å². The first-order chi connectivity index (χ1) is 10.5. The Morgan fingerprint density at radius 1 is 1.41 bits per heavy atom. The maximum absolute atomic E-state index is 10.8. The minimum Gasteiger partial charge on any atom is -0.478 e. The molecule has 1 aromatic carbocycles. The summed E-state index contributed by atoms with van der Waals surface area (Å²) in [4.78, 5) is 11.9. The van der Waals surface area contributed by atoms with E-state index in [1.807, 2.05) is 32.9 Å². The molecule has 1 aliphatic heterocycles. The van der Waals surface area contributed by atoms with Crippen LogP contribution >= 0.6 is 11.8 Å². The lowest BCUT2D eigenvalue weighted by Crippen LogP contribution is -2.25. The number of rotatable bonds is 3. The molecule has 1 aliphatic rings. The molecule has 4 nitrogen and oxygen atoms in total. The normalized spacial score (nSPS) is 20.7. The summed E-state index contributed by atoms with van der Waals surface area (Å²) < 4.78 is 0. The number of carbonyl (C=O) groups is 1. The molecule has 22 heavy (non-hydrogen) atoms. The molecule has 5 heteroatoms. The minimum absolute atomic E-state index is 0.0448. The predicted octanol–water partition coefficient (Wildman–Crippen LogP) is 3.79. The molecule has 2 atom stereocenters. The number of allylic oxidation sites excluding steroid dienone is 2. The van der Waals surface area contributed by atoms with Gasteiger partial charge in [-0.3, -0.25) is 0 Å². The third kappa shape index (κ3) is 4.62. The second kappa shape index (κ2) is 8.62. The Labute approximate surface area is 136 Å². The highest BCUT2D eigenvalue weighted by Gasteiger charge is 2.25. The number of hydrogen-bond donors (Lipinski definition) is 2. The molecule has 118 valence electrons. The Balaban J connectivity index is 0.00000116. The lowest BCUT2D eigenvalue weighted by atomic mass is 9.95. The summed E-state index contributed by atoms with van der Waals surface area (Å²) in [5, 5.41) is 18.0. The average Bonchev–Trinajstić information content (AvgIpc) is 2.53. The number of carboxylic acid groups (broad SMARTS) is 1. The number of nitrogens with two attached hydrogens (primary N) is 1. The summed E-state index contributed by atoms with van der Waals surface area (Å²) in [5.41, 5.74) is 8.37. The molecular formula is C17H22N2O2S. The van der Waals surface area contributed by atoms with Crippen LogP contribution in [0, 0.1) is 17.2 Å². The van der Waals surface area contributed by atoms with Gasteiger partial charge in [-0.25, -0.2) is 4.79 Å². The number of carboxylic acids is 1. The van der Waals surface area contributed by atoms with Crippen LogP contribution in [0.15, 0.2) is 34.7 Å². The average molecular weight is 318 g/mol. The molecule has 3 N–H and O–H groups in total. The van der Waals surface area contributed by atoms with Crippen LogP contribution in [0.4, 0.5) is 0 Å². The van der Waals surface area contributed by atoms with Gasteiger partial charge in [0, 0.05) is 6.42 Å². The molecule has 0 saturated heterocycles. The van der Waals surface area contributed by atoms with Crippen LogP contribution in [0.25, 0.3) is 0 Å². The molecule has 0 radical (unpaired) electrons. The third-order valence-electron chi connectivity index (χ3n) is 3.45. The molecular weight excluding hydrogens is 296 g/mol. The first-order valence-electron chi connectivity index (χ1n) is 7.35. The van der Waals surface area contributed by atoms with E-state index in [1.54, 1.807) is 23.9 Å². The van der Waals surface area contributed by atoms with Crippen LogP contribution in [-0.2, 0) is 6.42 Å². The van der Waals surface area contributed by atoms with Gasteiger partial charge in [-0.15, -0.1) is 11.8 Å². The van der Waals surface area contributed by atoms with Crippen molar-refractivity contribution < 1.29 is 9.90 Å². The lowest BCUT2D eigenvalue weighted by Gasteiger charge is -2.26. The summed E-state index contributed by atoms with van der Waals surface area (Å²) in [5.74, 6) is -1.04. The van der Waals surface area contributed by atoms with E-state index >= 15 is 0 Å². The fourth-order valence-electron chi connectivity index (χ4n) is 2.21. The number of benzene rings is 1. The zero-order valence-electron chi connectivity index (χ0n) is 13.2. The Morgan fingerprint density at radius 2 is 2.00 bits per heavy atom. The minimum atomic E-state index is -0.925. The summed E-state index contributed by atoms with van der Waals surface area (Å²) in [6, 6.07) is 9.12. The fraction of sp³-hybridized carbons (Fsp3) is 0.412. The van der Waals surface area contributed by atoms with Crippen molar-refractivity contribution in [2.75, 3.05) is 0 Å². The van der Waals surface area contributed by atoms with Crippen LogP contribution in [-0.4, -0.2) is 16.4 Å². The predicted molar refractivity (Wildman–Crippen MR) is 90.4 cm³/mol. The highest BCUT2D eigenvalue weighted by molar-refractivity contribution is 8.03. The van der Waals surface area contributed by atoms with Crippen molar-refractivity contribution in [2.45, 2.75) is 39.0 Å². The van der Waals surface area contributed by atoms with Crippen molar-refractivity contribution in [3.8, 4) is 6.07 Å². The second-order valence-electron chi connectivity index (χ2n) is 4.86. The van der Waals surface area contributed by atoms with Crippen LogP contribution in [0.1, 0.15) is 43.1 Å². The van der Waals surface area contributed by atoms with Gasteiger partial charge in [0.1, 0.15) is 0 Å². The van der Waals surface area contributed by atoms with Crippen LogP contribution in [0.3, 0.4) is 0 Å². The number of nitrogens with zero attached hydrogens (tertiary/aromatic N) is 1. The van der Waals surface area contributed by atoms with Crippen molar-refractivity contribution >= 4 is 17.7 Å². The molecule has 0 amide bonds. The Bertz CT molecular complexity index is 588. The van der Waals surface area contributed by atoms with E-state index in [0.717, 1.165) is 16.0 Å². The molecule has 0 aliphatic carbocycles. The molecule has 0 bridgehead atoms. The quantitative estimate of drug-likeness (QED) is 0.885. The van der Waals surface area contributed by atoms with Crippen molar-refractivity contribution in [2.24, 2.45) is 11.7 Å². The zero-order valence-corrected chi connectivity index (χ0v) is 14.0. The first kappa shape index (κ1) is 18.3. The van der Waals surface area contributed by atoms with E-state index in [2.05, 4.69) is 6.07 Å². The first-order valence-corrected chi connectivity index (χ1v) is 8.23. The number of aromatic carboxylic acids is 1. The summed E-state index contributed by atoms with van der Waals surface area (Å²) in [6.45, 7) is 5.98. The molecule has 2 rings (SSSR count). The third-order valence-corrected chi connectivity index (χ3v) is 4.69. The van der Waals surface area contributed by atoms with Crippen molar-refractivity contribution in [1.82, 2.24) is 0 Å². The largest absolute Gasteiger partial charge is 0.478 e. The molecule has 0 aromatic heterocycles. The fourth-order valence-corrected chi connectivity index (χ4v) is 3.44. The maximum atomic E-state index is 10.8. The second-order valence-corrected chi connectivity index (χ2v) is 6.19. The van der Waals surface area contributed by atoms with Gasteiger partial charge in [0.25, 0.3) is 0 Å². The number of nitriles is 1. The lowest BCUT2D eigenvalue weighted by molar-refractivity contribution is 0.0697. The Hall–Kier alpha value is -1.77. The smallest absolute Gasteiger partial charge is 0.335 e. The molecule has 0 fully saturated rings. The van der Waals surface area contributed by atoms with Gasteiger partial charge < -0.3 is 10.8 Å². The Kier molecular flexibility index (Phi) is 7.16. The van der Waals surface area contributed by atoms with E-state index in [9.17, 15) is 4.79 Å². The van der Waals surface area contributed by atoms with E-state index in [1.165, 1.54) is 0 Å². The van der Waals surface area contributed by atoms with Crippen molar-refractivity contribution in [3.05, 3.63) is 45.9 Å².